The van der Waals surface area contributed by atoms with Gasteiger partial charge in [-0.2, -0.15) is 0 Å². The predicted molar refractivity (Wildman–Crippen MR) is 256 cm³/mol. The Morgan fingerprint density at radius 2 is 1.00 bits per heavy atom. The average molecular weight is 783 g/mol. The van der Waals surface area contributed by atoms with Gasteiger partial charge in [0.1, 0.15) is 0 Å². The summed E-state index contributed by atoms with van der Waals surface area (Å²) in [4.78, 5) is 2.39. The summed E-state index contributed by atoms with van der Waals surface area (Å²) in [6.45, 7) is 0. The second-order valence-electron chi connectivity index (χ2n) is 16.8. The summed E-state index contributed by atoms with van der Waals surface area (Å²) < 4.78 is 7.29. The first-order chi connectivity index (χ1) is 30.3. The maximum Gasteiger partial charge on any atom is 0.0541 e. The lowest BCUT2D eigenvalue weighted by Gasteiger charge is -2.26. The number of anilines is 3. The molecule has 9 aromatic rings. The van der Waals surface area contributed by atoms with Crippen LogP contribution < -0.4 is 4.90 Å². The fourth-order valence-electron chi connectivity index (χ4n) is 10.5. The molecular formula is C57H42N4. The SMILES string of the molecule is C1=CCc2c3c(n(-c4ccc(N(c5ccc(-n6c7c(c8ccccc86)C6CC6C=C7)cc5)c5ccc(-n6c7ccccc7c7ccccc76)cc5)cc4)c2C=C1)C=CCC=C3. The van der Waals surface area contributed by atoms with E-state index in [0.29, 0.717) is 11.8 Å². The second kappa shape index (κ2) is 13.5. The first-order valence-electron chi connectivity index (χ1n) is 21.6. The van der Waals surface area contributed by atoms with E-state index in [1.807, 2.05) is 0 Å². The molecule has 2 unspecified atom stereocenters. The lowest BCUT2D eigenvalue weighted by atomic mass is 10.0. The predicted octanol–water partition coefficient (Wildman–Crippen LogP) is 14.7. The minimum absolute atomic E-state index is 0.644. The van der Waals surface area contributed by atoms with Gasteiger partial charge in [0.2, 0.25) is 0 Å². The van der Waals surface area contributed by atoms with Gasteiger partial charge in [-0.05, 0) is 151 Å². The van der Waals surface area contributed by atoms with Crippen LogP contribution in [0, 0.1) is 5.92 Å². The summed E-state index contributed by atoms with van der Waals surface area (Å²) >= 11 is 0. The molecule has 13 rings (SSSR count). The number of fused-ring (bicyclic) bond motifs is 11. The molecule has 0 saturated heterocycles. The Labute approximate surface area is 355 Å². The van der Waals surface area contributed by atoms with Crippen LogP contribution in [0.2, 0.25) is 0 Å². The van der Waals surface area contributed by atoms with Gasteiger partial charge >= 0.3 is 0 Å². The highest BCUT2D eigenvalue weighted by Crippen LogP contribution is 2.56. The maximum absolute atomic E-state index is 2.47. The Hall–Kier alpha value is -7.56. The number of nitrogens with zero attached hydrogens (tertiary/aromatic N) is 4. The van der Waals surface area contributed by atoms with Crippen LogP contribution in [0.5, 0.6) is 0 Å². The summed E-state index contributed by atoms with van der Waals surface area (Å²) in [5.41, 5.74) is 18.5. The zero-order chi connectivity index (χ0) is 40.0. The molecule has 2 atom stereocenters. The Balaban J connectivity index is 0.938. The highest BCUT2D eigenvalue weighted by atomic mass is 15.1. The molecule has 3 heterocycles. The van der Waals surface area contributed by atoms with Crippen LogP contribution in [0.25, 0.3) is 74.1 Å². The fourth-order valence-corrected chi connectivity index (χ4v) is 10.5. The first-order valence-corrected chi connectivity index (χ1v) is 21.6. The van der Waals surface area contributed by atoms with Gasteiger partial charge in [-0.25, -0.2) is 0 Å². The van der Waals surface area contributed by atoms with Gasteiger partial charge in [0.15, 0.2) is 0 Å². The quantitative estimate of drug-likeness (QED) is 0.164. The van der Waals surface area contributed by atoms with Crippen molar-refractivity contribution in [1.82, 2.24) is 13.7 Å². The Morgan fingerprint density at radius 1 is 0.443 bits per heavy atom. The van der Waals surface area contributed by atoms with Crippen molar-refractivity contribution in [3.05, 3.63) is 216 Å². The molecule has 1 fully saturated rings. The van der Waals surface area contributed by atoms with Gasteiger partial charge < -0.3 is 18.6 Å². The van der Waals surface area contributed by atoms with Crippen LogP contribution in [0.4, 0.5) is 17.1 Å². The number of aromatic nitrogens is 3. The van der Waals surface area contributed by atoms with E-state index in [1.165, 1.54) is 78.6 Å². The third kappa shape index (κ3) is 5.31. The van der Waals surface area contributed by atoms with E-state index in [0.717, 1.165) is 41.3 Å². The number of para-hydroxylation sites is 3. The van der Waals surface area contributed by atoms with Crippen molar-refractivity contribution in [2.75, 3.05) is 4.90 Å². The van der Waals surface area contributed by atoms with Crippen molar-refractivity contribution in [3.63, 3.8) is 0 Å². The molecule has 290 valence electrons. The summed E-state index contributed by atoms with van der Waals surface area (Å²) in [5.74, 6) is 1.34. The summed E-state index contributed by atoms with van der Waals surface area (Å²) in [6.07, 6.45) is 25.9. The maximum atomic E-state index is 2.47. The largest absolute Gasteiger partial charge is 0.310 e. The molecule has 1 saturated carbocycles. The van der Waals surface area contributed by atoms with Crippen LogP contribution in [-0.2, 0) is 6.42 Å². The summed E-state index contributed by atoms with van der Waals surface area (Å²) in [5, 5.41) is 3.92. The summed E-state index contributed by atoms with van der Waals surface area (Å²) in [6, 6.07) is 53.8. The third-order valence-electron chi connectivity index (χ3n) is 13.4. The standard InChI is InChI=1S/C57H42N4/c1-3-13-45-46-14-4-2-6-19-52(46)59(51(45)18-5-1)42-30-24-39(25-31-42)58(40-26-32-43(33-27-40)60-53-20-10-7-15-47(53)48-16-8-11-21-54(48)60)41-28-34-44(35-29-41)61-55-22-12-9-17-49(55)57-50-37-38(50)23-36-56(57)61/h1,3-12,14-36,38,50H,2,13,37H2. The lowest BCUT2D eigenvalue weighted by Crippen LogP contribution is -2.11. The third-order valence-corrected chi connectivity index (χ3v) is 13.4. The van der Waals surface area contributed by atoms with Crippen molar-refractivity contribution < 1.29 is 0 Å². The molecular weight excluding hydrogens is 741 g/mol. The molecule has 61 heavy (non-hydrogen) atoms. The normalized spacial score (nSPS) is 17.0. The van der Waals surface area contributed by atoms with Gasteiger partial charge in [-0.15, -0.1) is 0 Å². The molecule has 4 nitrogen and oxygen atoms in total. The second-order valence-corrected chi connectivity index (χ2v) is 16.8. The molecule has 6 aromatic carbocycles. The molecule has 0 amide bonds. The minimum Gasteiger partial charge on any atom is -0.310 e. The number of allylic oxidation sites excluding steroid dienone is 6. The highest BCUT2D eigenvalue weighted by Gasteiger charge is 2.42. The van der Waals surface area contributed by atoms with Crippen molar-refractivity contribution in [3.8, 4) is 17.1 Å². The van der Waals surface area contributed by atoms with E-state index in [9.17, 15) is 0 Å². The molecule has 0 bridgehead atoms. The van der Waals surface area contributed by atoms with Crippen molar-refractivity contribution in [2.45, 2.75) is 25.2 Å². The fraction of sp³-hybridized carbons (Fsp3) is 0.0877. The van der Waals surface area contributed by atoms with E-state index in [4.69, 9.17) is 0 Å². The van der Waals surface area contributed by atoms with E-state index in [1.54, 1.807) is 0 Å². The van der Waals surface area contributed by atoms with Gasteiger partial charge in [-0.1, -0.05) is 97.1 Å². The zero-order valence-electron chi connectivity index (χ0n) is 33.7. The van der Waals surface area contributed by atoms with Crippen LogP contribution in [-0.4, -0.2) is 13.7 Å². The molecule has 0 radical (unpaired) electrons. The monoisotopic (exact) mass is 782 g/mol. The molecule has 0 spiro atoms. The molecule has 4 aliphatic carbocycles. The molecule has 4 heteroatoms. The van der Waals surface area contributed by atoms with Crippen molar-refractivity contribution in [2.24, 2.45) is 5.92 Å². The molecule has 4 aliphatic rings. The van der Waals surface area contributed by atoms with E-state index in [-0.39, 0.29) is 0 Å². The van der Waals surface area contributed by atoms with E-state index in [2.05, 4.69) is 225 Å². The molecule has 3 aromatic heterocycles. The first kappa shape index (κ1) is 34.3. The Bertz CT molecular complexity index is 3320. The highest BCUT2D eigenvalue weighted by molar-refractivity contribution is 6.09. The van der Waals surface area contributed by atoms with Crippen LogP contribution >= 0.6 is 0 Å². The van der Waals surface area contributed by atoms with E-state index >= 15 is 0 Å². The number of hydrogen-bond acceptors (Lipinski definition) is 1. The lowest BCUT2D eigenvalue weighted by molar-refractivity contribution is 0.976. The van der Waals surface area contributed by atoms with Crippen LogP contribution in [0.1, 0.15) is 52.5 Å². The van der Waals surface area contributed by atoms with Crippen LogP contribution in [0.3, 0.4) is 0 Å². The Morgan fingerprint density at radius 3 is 1.66 bits per heavy atom. The smallest absolute Gasteiger partial charge is 0.0541 e. The van der Waals surface area contributed by atoms with E-state index < -0.39 is 0 Å². The summed E-state index contributed by atoms with van der Waals surface area (Å²) in [7, 11) is 0. The van der Waals surface area contributed by atoms with Crippen molar-refractivity contribution in [1.29, 1.82) is 0 Å². The Kier molecular flexibility index (Phi) is 7.59. The van der Waals surface area contributed by atoms with Crippen molar-refractivity contribution >= 4 is 74.1 Å². The van der Waals surface area contributed by atoms with Crippen LogP contribution in [0.15, 0.2) is 182 Å². The molecule has 0 N–H and O–H groups in total. The number of hydrogen-bond donors (Lipinski definition) is 0. The van der Waals surface area contributed by atoms with Gasteiger partial charge in [0.25, 0.3) is 0 Å². The average Bonchev–Trinajstić information content (AvgIpc) is 3.98. The number of rotatable bonds is 6. The van der Waals surface area contributed by atoms with Gasteiger partial charge in [0.05, 0.1) is 33.6 Å². The van der Waals surface area contributed by atoms with Gasteiger partial charge in [0, 0.05) is 55.8 Å². The zero-order valence-corrected chi connectivity index (χ0v) is 33.7. The molecule has 0 aliphatic heterocycles. The minimum atomic E-state index is 0.644. The van der Waals surface area contributed by atoms with Gasteiger partial charge in [-0.3, -0.25) is 0 Å². The topological polar surface area (TPSA) is 18.0 Å². The number of benzene rings is 6.